The smallest absolute Gasteiger partial charge is 0.417 e. The van der Waals surface area contributed by atoms with Crippen LogP contribution in [0.3, 0.4) is 0 Å². The monoisotopic (exact) mass is 1010 g/mol. The molecule has 72 heavy (non-hydrogen) atoms. The number of hydrogen-bond donors (Lipinski definition) is 0. The third-order valence-corrected chi connectivity index (χ3v) is 14.8. The topological polar surface area (TPSA) is 115 Å². The number of carbonyl (C=O) groups is 1. The molecule has 4 saturated heterocycles. The number of ether oxygens (including phenoxy) is 5. The van der Waals surface area contributed by atoms with Crippen LogP contribution in [-0.2, 0) is 24.0 Å². The summed E-state index contributed by atoms with van der Waals surface area (Å²) in [6.07, 6.45) is -5.30. The van der Waals surface area contributed by atoms with Crippen LogP contribution in [0.25, 0.3) is 22.2 Å². The normalized spacial score (nSPS) is 23.7. The highest BCUT2D eigenvalue weighted by molar-refractivity contribution is 5.98. The number of amides is 1. The first-order chi connectivity index (χ1) is 34.2. The Morgan fingerprint density at radius 1 is 0.889 bits per heavy atom. The molecule has 1 unspecified atom stereocenters. The number of hydrogen-bond acceptors (Lipinski definition) is 12. The molecule has 0 saturated carbocycles. The van der Waals surface area contributed by atoms with E-state index >= 15 is 26.3 Å². The Kier molecular flexibility index (Phi) is 12.5. The lowest BCUT2D eigenvalue weighted by molar-refractivity contribution is -0.137. The Morgan fingerprint density at radius 3 is 2.15 bits per heavy atom. The van der Waals surface area contributed by atoms with E-state index in [1.54, 1.807) is 81.1 Å². The first-order valence-electron chi connectivity index (χ1n) is 24.2. The molecule has 5 aliphatic rings. The zero-order valence-electron chi connectivity index (χ0n) is 41.0. The van der Waals surface area contributed by atoms with Gasteiger partial charge in [-0.3, -0.25) is 9.80 Å². The molecule has 1 amide bonds. The Morgan fingerprint density at radius 2 is 1.54 bits per heavy atom. The molecule has 0 aliphatic carbocycles. The maximum Gasteiger partial charge on any atom is 0.417 e. The molecule has 5 aliphatic heterocycles. The average molecular weight is 1010 g/mol. The van der Waals surface area contributed by atoms with Crippen LogP contribution in [0.1, 0.15) is 82.1 Å². The molecule has 3 aromatic carbocycles. The first-order valence-corrected chi connectivity index (χ1v) is 24.2. The number of rotatable bonds is 11. The van der Waals surface area contributed by atoms with Crippen molar-refractivity contribution in [3.05, 3.63) is 88.2 Å². The van der Waals surface area contributed by atoms with Crippen molar-refractivity contribution in [2.75, 3.05) is 50.3 Å². The fourth-order valence-electron chi connectivity index (χ4n) is 11.7. The van der Waals surface area contributed by atoms with Crippen molar-refractivity contribution in [2.24, 2.45) is 0 Å². The summed E-state index contributed by atoms with van der Waals surface area (Å²) >= 11 is 0. The van der Waals surface area contributed by atoms with Gasteiger partial charge in [-0.2, -0.15) is 23.1 Å². The predicted octanol–water partition coefficient (Wildman–Crippen LogP) is 10.4. The summed E-state index contributed by atoms with van der Waals surface area (Å²) in [6.45, 7) is 8.34. The number of aromatic nitrogens is 3. The number of fused-ring (bicyclic) bond motifs is 6. The van der Waals surface area contributed by atoms with E-state index in [1.165, 1.54) is 19.1 Å². The van der Waals surface area contributed by atoms with Gasteiger partial charge in [0, 0.05) is 32.6 Å². The minimum atomic E-state index is -5.44. The molecule has 0 radical (unpaired) electrons. The minimum absolute atomic E-state index is 0.0752. The second kappa shape index (κ2) is 18.3. The highest BCUT2D eigenvalue weighted by atomic mass is 19.4. The summed E-state index contributed by atoms with van der Waals surface area (Å²) in [6, 6.07) is 11.2. The van der Waals surface area contributed by atoms with Crippen molar-refractivity contribution in [2.45, 2.75) is 128 Å². The van der Waals surface area contributed by atoms with E-state index in [0.29, 0.717) is 48.4 Å². The molecule has 7 heterocycles. The van der Waals surface area contributed by atoms with Crippen molar-refractivity contribution in [3.8, 4) is 34.6 Å². The maximum absolute atomic E-state index is 18.1. The molecule has 2 bridgehead atoms. The van der Waals surface area contributed by atoms with Gasteiger partial charge in [-0.1, -0.05) is 24.3 Å². The first kappa shape index (κ1) is 49.3. The summed E-state index contributed by atoms with van der Waals surface area (Å²) < 4.78 is 144. The second-order valence-corrected chi connectivity index (χ2v) is 20.6. The SMILES string of the molecule is COc1ccc(CN(Cc2ccc(OC)cc2)c2c(F)c(C)c(C(F)(F)F)c(-c3nc4c5c(nc(OC[C@@]67CCCN6C[C@H](F)C7)nc5c3F)N3C[C@H]5CC[C@@H](C3[C@H](C)O4)N5C(=O)OC(C)(C)C)c2F)cc1. The number of alkyl halides is 4. The summed E-state index contributed by atoms with van der Waals surface area (Å²) in [7, 11) is 2.94. The van der Waals surface area contributed by atoms with Gasteiger partial charge in [0.2, 0.25) is 5.88 Å². The minimum Gasteiger partial charge on any atom is -0.497 e. The van der Waals surface area contributed by atoms with Crippen LogP contribution in [0, 0.1) is 24.4 Å². The quantitative estimate of drug-likeness (QED) is 0.117. The summed E-state index contributed by atoms with van der Waals surface area (Å²) in [5.41, 5.74) is -7.23. The van der Waals surface area contributed by atoms with Gasteiger partial charge < -0.3 is 33.5 Å². The number of piperazine rings is 1. The van der Waals surface area contributed by atoms with E-state index in [9.17, 15) is 9.18 Å². The number of halogens is 7. The predicted molar refractivity (Wildman–Crippen MR) is 253 cm³/mol. The van der Waals surface area contributed by atoms with Crippen LogP contribution in [-0.4, -0.2) is 113 Å². The van der Waals surface area contributed by atoms with E-state index < -0.39 is 111 Å². The molecule has 0 N–H and O–H groups in total. The van der Waals surface area contributed by atoms with Crippen LogP contribution >= 0.6 is 0 Å². The molecule has 20 heteroatoms. The van der Waals surface area contributed by atoms with E-state index in [2.05, 4.69) is 9.97 Å². The average Bonchev–Trinajstić information content (AvgIpc) is 3.94. The van der Waals surface area contributed by atoms with Crippen LogP contribution in [0.4, 0.5) is 47.0 Å². The van der Waals surface area contributed by atoms with Gasteiger partial charge in [-0.25, -0.2) is 27.3 Å². The van der Waals surface area contributed by atoms with Gasteiger partial charge >= 0.3 is 18.3 Å². The molecule has 384 valence electrons. The lowest BCUT2D eigenvalue weighted by Gasteiger charge is -2.48. The lowest BCUT2D eigenvalue weighted by Crippen LogP contribution is -2.65. The Bertz CT molecular complexity index is 2860. The molecule has 6 atom stereocenters. The van der Waals surface area contributed by atoms with Crippen LogP contribution in [0.5, 0.6) is 23.4 Å². The Hall–Kier alpha value is -6.31. The number of carbonyl (C=O) groups excluding carboxylic acids is 1. The van der Waals surface area contributed by atoms with Crippen molar-refractivity contribution in [3.63, 3.8) is 0 Å². The molecule has 10 rings (SSSR count). The molecule has 13 nitrogen and oxygen atoms in total. The van der Waals surface area contributed by atoms with Crippen molar-refractivity contribution in [1.82, 2.24) is 24.8 Å². The highest BCUT2D eigenvalue weighted by Gasteiger charge is 2.55. The van der Waals surface area contributed by atoms with Gasteiger partial charge in [0.05, 0.1) is 49.0 Å². The molecule has 0 spiro atoms. The van der Waals surface area contributed by atoms with Gasteiger partial charge in [-0.15, -0.1) is 0 Å². The second-order valence-electron chi connectivity index (χ2n) is 20.6. The number of benzene rings is 3. The van der Waals surface area contributed by atoms with E-state index in [1.807, 2.05) is 9.80 Å². The third-order valence-electron chi connectivity index (χ3n) is 14.8. The summed E-state index contributed by atoms with van der Waals surface area (Å²) in [5, 5.41) is -0.123. The Labute approximate surface area is 412 Å². The van der Waals surface area contributed by atoms with Gasteiger partial charge in [0.25, 0.3) is 0 Å². The fraction of sp³-hybridized carbons (Fsp3) is 0.500. The van der Waals surface area contributed by atoms with E-state index in [4.69, 9.17) is 28.7 Å². The van der Waals surface area contributed by atoms with Crippen LogP contribution in [0.2, 0.25) is 0 Å². The Balaban J connectivity index is 1.17. The summed E-state index contributed by atoms with van der Waals surface area (Å²) in [4.78, 5) is 34.4. The van der Waals surface area contributed by atoms with Crippen LogP contribution < -0.4 is 28.7 Å². The van der Waals surface area contributed by atoms with Gasteiger partial charge in [0.15, 0.2) is 17.5 Å². The molecule has 4 fully saturated rings. The van der Waals surface area contributed by atoms with E-state index in [-0.39, 0.29) is 56.4 Å². The summed E-state index contributed by atoms with van der Waals surface area (Å²) in [5.74, 6) is -4.07. The molecular weight excluding hydrogens is 952 g/mol. The number of methoxy groups -OCH3 is 2. The largest absolute Gasteiger partial charge is 0.497 e. The number of pyridine rings is 1. The molecule has 2 aromatic heterocycles. The molecular formula is C52H56F7N7O6. The third kappa shape index (κ3) is 8.69. The zero-order chi connectivity index (χ0) is 51.2. The number of anilines is 2. The molecule has 5 aromatic rings. The van der Waals surface area contributed by atoms with Crippen molar-refractivity contribution in [1.29, 1.82) is 0 Å². The van der Waals surface area contributed by atoms with Crippen molar-refractivity contribution >= 4 is 28.5 Å². The lowest BCUT2D eigenvalue weighted by atomic mass is 9.94. The van der Waals surface area contributed by atoms with Gasteiger partial charge in [-0.05, 0) is 108 Å². The van der Waals surface area contributed by atoms with Crippen LogP contribution in [0.15, 0.2) is 48.5 Å². The van der Waals surface area contributed by atoms with E-state index in [0.717, 1.165) is 13.3 Å². The van der Waals surface area contributed by atoms with Crippen molar-refractivity contribution < 1.29 is 59.2 Å². The number of nitrogens with zero attached hydrogens (tertiary/aromatic N) is 7. The standard InChI is InChI=1S/C52H56F7N7O6/c1-27-38(52(57,58)59)36(40(55)45(39(27)54)63(22-29-9-14-33(68-6)15-10-29)23-30-11-16-34(69-7)17-12-30)42-41(56)43-37-46(62-48(61-43)70-26-51-19-8-20-64(51)24-31(53)21-51)65-25-32-13-18-35(44(65)28(2)71-47(37)60-42)66(32)49(67)72-50(3,4)5/h9-12,14-17,28,31-32,35,44H,8,13,18-26H2,1-7H3/t28-,31+,32+,35-,44?,51-/m0/s1. The fourth-order valence-corrected chi connectivity index (χ4v) is 11.7. The zero-order valence-corrected chi connectivity index (χ0v) is 41.0. The van der Waals surface area contributed by atoms with Gasteiger partial charge in [0.1, 0.15) is 64.1 Å². The maximum atomic E-state index is 18.1. The highest BCUT2D eigenvalue weighted by Crippen LogP contribution is 2.51.